The number of ether oxygens (including phenoxy) is 6. The minimum Gasteiger partial charge on any atom is -0.457 e. The molecule has 0 aliphatic carbocycles. The van der Waals surface area contributed by atoms with Gasteiger partial charge in [-0.05, 0) is 139 Å². The minimum atomic E-state index is -0.554. The monoisotopic (exact) mass is 812 g/mol. The van der Waals surface area contributed by atoms with E-state index in [4.69, 9.17) is 47.0 Å². The molecule has 310 valence electrons. The molecule has 4 fully saturated rings. The molecule has 12 nitrogen and oxygen atoms in total. The van der Waals surface area contributed by atoms with Crippen LogP contribution in [0.15, 0.2) is 84.9 Å². The molecule has 3 atom stereocenters. The second-order valence-electron chi connectivity index (χ2n) is 16.2. The quantitative estimate of drug-likeness (QED) is 0.118. The van der Waals surface area contributed by atoms with Gasteiger partial charge in [-0.1, -0.05) is 19.1 Å². The summed E-state index contributed by atoms with van der Waals surface area (Å²) in [6.45, 7) is 6.47. The first-order valence-corrected chi connectivity index (χ1v) is 21.0. The first-order chi connectivity index (χ1) is 29.4. The van der Waals surface area contributed by atoms with Gasteiger partial charge in [-0.3, -0.25) is 0 Å². The van der Waals surface area contributed by atoms with Gasteiger partial charge in [0.2, 0.25) is 0 Å². The van der Waals surface area contributed by atoms with Gasteiger partial charge in [-0.2, -0.15) is 10.5 Å². The van der Waals surface area contributed by atoms with E-state index >= 15 is 0 Å². The predicted octanol–water partition coefficient (Wildman–Crippen LogP) is 7.30. The Morgan fingerprint density at radius 2 is 1.13 bits per heavy atom. The van der Waals surface area contributed by atoms with Crippen molar-refractivity contribution >= 4 is 25.2 Å². The van der Waals surface area contributed by atoms with E-state index in [1.807, 2.05) is 36.4 Å². The molecule has 0 amide bonds. The second kappa shape index (κ2) is 20.2. The molecule has 0 radical (unpaired) electrons. The standard InChI is InChI=1S/C46H50B2N2O10/c1-46(31-57-48(58-32-46)43-17-15-41(60-39-12-8-34(28-50)9-13-39)24-36(43)29-53-44-5-2-3-19-51-44)26-35-18-22-52-45(23-35)54-30-37-25-40(59-38-10-6-33(27-49)7-11-38)14-16-42(37)47-55-20-4-21-56-47/h6-17,24-25,35,44-45H,2-5,18-23,26,29-32H2,1H3. The maximum absolute atomic E-state index is 9.18. The highest BCUT2D eigenvalue weighted by Gasteiger charge is 2.40. The zero-order valence-electron chi connectivity index (χ0n) is 34.1. The minimum absolute atomic E-state index is 0.200. The lowest BCUT2D eigenvalue weighted by atomic mass is 9.71. The van der Waals surface area contributed by atoms with E-state index in [0.717, 1.165) is 67.0 Å². The summed E-state index contributed by atoms with van der Waals surface area (Å²) < 4.78 is 62.0. The van der Waals surface area contributed by atoms with E-state index in [9.17, 15) is 10.5 Å². The van der Waals surface area contributed by atoms with Crippen LogP contribution in [0.5, 0.6) is 23.0 Å². The lowest BCUT2D eigenvalue weighted by molar-refractivity contribution is -0.184. The smallest absolute Gasteiger partial charge is 0.457 e. The van der Waals surface area contributed by atoms with Gasteiger partial charge in [0.15, 0.2) is 12.6 Å². The van der Waals surface area contributed by atoms with E-state index in [-0.39, 0.29) is 18.0 Å². The Labute approximate surface area is 352 Å². The summed E-state index contributed by atoms with van der Waals surface area (Å²) in [5.74, 6) is 2.93. The third-order valence-corrected chi connectivity index (χ3v) is 11.3. The van der Waals surface area contributed by atoms with Crippen molar-refractivity contribution in [3.8, 4) is 35.1 Å². The number of hydrogen-bond donors (Lipinski definition) is 0. The summed E-state index contributed by atoms with van der Waals surface area (Å²) in [7, 11) is -1.03. The third-order valence-electron chi connectivity index (χ3n) is 11.3. The zero-order chi connectivity index (χ0) is 41.2. The molecule has 4 heterocycles. The average molecular weight is 813 g/mol. The summed E-state index contributed by atoms with van der Waals surface area (Å²) in [5, 5.41) is 18.4. The number of hydrogen-bond acceptors (Lipinski definition) is 12. The van der Waals surface area contributed by atoms with Crippen LogP contribution in [0.4, 0.5) is 0 Å². The van der Waals surface area contributed by atoms with Crippen LogP contribution in [0.3, 0.4) is 0 Å². The van der Waals surface area contributed by atoms with Crippen molar-refractivity contribution < 1.29 is 47.0 Å². The largest absolute Gasteiger partial charge is 0.494 e. The molecular formula is C46H50B2N2O10. The molecule has 0 spiro atoms. The molecule has 0 aromatic heterocycles. The fourth-order valence-electron chi connectivity index (χ4n) is 8.11. The maximum atomic E-state index is 9.18. The first kappa shape index (κ1) is 42.0. The Bertz CT molecular complexity index is 2110. The van der Waals surface area contributed by atoms with Gasteiger partial charge in [0.05, 0.1) is 36.5 Å². The topological polar surface area (TPSA) is 140 Å². The molecule has 0 N–H and O–H groups in total. The van der Waals surface area contributed by atoms with Gasteiger partial charge in [0.25, 0.3) is 0 Å². The molecule has 3 unspecified atom stereocenters. The molecule has 4 aliphatic rings. The predicted molar refractivity (Wildman–Crippen MR) is 223 cm³/mol. The SMILES string of the molecule is CC1(CC2CCOC(OCc3cc(Oc4ccc(C#N)cc4)ccc3B3OCCCO3)C2)COB(c2ccc(Oc3ccc(C#N)cc3)cc2COC2CCCCO2)OC1. The Kier molecular flexibility index (Phi) is 14.1. The molecule has 4 aliphatic heterocycles. The number of rotatable bonds is 14. The molecule has 4 saturated heterocycles. The van der Waals surface area contributed by atoms with E-state index in [1.54, 1.807) is 48.5 Å². The van der Waals surface area contributed by atoms with E-state index in [1.165, 1.54) is 0 Å². The number of nitrogens with zero attached hydrogens (tertiary/aromatic N) is 2. The van der Waals surface area contributed by atoms with Crippen molar-refractivity contribution in [2.24, 2.45) is 11.3 Å². The van der Waals surface area contributed by atoms with E-state index in [2.05, 4.69) is 19.1 Å². The Morgan fingerprint density at radius 1 is 0.600 bits per heavy atom. The maximum Gasteiger partial charge on any atom is 0.494 e. The van der Waals surface area contributed by atoms with Gasteiger partial charge >= 0.3 is 14.2 Å². The van der Waals surface area contributed by atoms with Gasteiger partial charge in [0, 0.05) is 51.5 Å². The second-order valence-corrected chi connectivity index (χ2v) is 16.2. The van der Waals surface area contributed by atoms with E-state index < -0.39 is 14.2 Å². The Morgan fingerprint density at radius 3 is 1.68 bits per heavy atom. The zero-order valence-corrected chi connectivity index (χ0v) is 34.1. The Hall–Kier alpha value is -4.73. The summed E-state index contributed by atoms with van der Waals surface area (Å²) >= 11 is 0. The van der Waals surface area contributed by atoms with Crippen LogP contribution in [-0.4, -0.2) is 66.5 Å². The molecule has 0 bridgehead atoms. The number of nitriles is 2. The highest BCUT2D eigenvalue weighted by Crippen LogP contribution is 2.37. The Balaban J connectivity index is 0.884. The summed E-state index contributed by atoms with van der Waals surface area (Å²) in [4.78, 5) is 0. The molecular weight excluding hydrogens is 762 g/mol. The molecule has 8 rings (SSSR count). The summed E-state index contributed by atoms with van der Waals surface area (Å²) in [6, 6.07) is 30.0. The van der Waals surface area contributed by atoms with Crippen LogP contribution < -0.4 is 20.4 Å². The fraction of sp³-hybridized carbons (Fsp3) is 0.435. The van der Waals surface area contributed by atoms with Crippen LogP contribution in [0.1, 0.15) is 74.1 Å². The van der Waals surface area contributed by atoms with Gasteiger partial charge in [0.1, 0.15) is 23.0 Å². The third kappa shape index (κ3) is 11.1. The summed E-state index contributed by atoms with van der Waals surface area (Å²) in [6.07, 6.45) is 5.77. The van der Waals surface area contributed by atoms with Crippen molar-refractivity contribution in [2.45, 2.75) is 77.7 Å². The van der Waals surface area contributed by atoms with Crippen molar-refractivity contribution in [1.82, 2.24) is 0 Å². The van der Waals surface area contributed by atoms with Crippen molar-refractivity contribution in [1.29, 1.82) is 10.5 Å². The van der Waals surface area contributed by atoms with Gasteiger partial charge < -0.3 is 47.0 Å². The average Bonchev–Trinajstić information content (AvgIpc) is 3.29. The normalized spacial score (nSPS) is 21.8. The molecule has 4 aromatic carbocycles. The highest BCUT2D eigenvalue weighted by molar-refractivity contribution is 6.62. The lowest BCUT2D eigenvalue weighted by Crippen LogP contribution is -2.50. The highest BCUT2D eigenvalue weighted by atomic mass is 16.7. The van der Waals surface area contributed by atoms with Crippen LogP contribution in [0.25, 0.3) is 0 Å². The van der Waals surface area contributed by atoms with Crippen LogP contribution in [0, 0.1) is 34.0 Å². The molecule has 60 heavy (non-hydrogen) atoms. The van der Waals surface area contributed by atoms with Crippen molar-refractivity contribution in [3.05, 3.63) is 107 Å². The van der Waals surface area contributed by atoms with Crippen molar-refractivity contribution in [2.75, 3.05) is 39.6 Å². The lowest BCUT2D eigenvalue weighted by Gasteiger charge is -2.40. The van der Waals surface area contributed by atoms with Crippen LogP contribution in [0.2, 0.25) is 0 Å². The fourth-order valence-corrected chi connectivity index (χ4v) is 8.11. The van der Waals surface area contributed by atoms with Gasteiger partial charge in [-0.25, -0.2) is 0 Å². The molecule has 0 saturated carbocycles. The van der Waals surface area contributed by atoms with Crippen LogP contribution >= 0.6 is 0 Å². The first-order valence-electron chi connectivity index (χ1n) is 21.0. The van der Waals surface area contributed by atoms with Crippen molar-refractivity contribution in [3.63, 3.8) is 0 Å². The molecule has 14 heteroatoms. The van der Waals surface area contributed by atoms with E-state index in [0.29, 0.717) is 92.9 Å². The van der Waals surface area contributed by atoms with Crippen LogP contribution in [-0.2, 0) is 50.8 Å². The summed E-state index contributed by atoms with van der Waals surface area (Å²) in [5.41, 5.74) is 4.55. The number of benzene rings is 4. The molecule has 4 aromatic rings. The van der Waals surface area contributed by atoms with Gasteiger partial charge in [-0.15, -0.1) is 0 Å².